The van der Waals surface area contributed by atoms with Crippen molar-refractivity contribution < 1.29 is 4.79 Å². The largest absolute Gasteiger partial charge is 0.325 e. The monoisotopic (exact) mass is 218 g/mol. The zero-order chi connectivity index (χ0) is 11.9. The second kappa shape index (κ2) is 3.59. The summed E-state index contributed by atoms with van der Waals surface area (Å²) in [5.41, 5.74) is 7.81. The zero-order valence-electron chi connectivity index (χ0n) is 10.0. The summed E-state index contributed by atoms with van der Waals surface area (Å²) in [6, 6.07) is 7.89. The second-order valence-corrected chi connectivity index (χ2v) is 5.03. The molecule has 0 spiro atoms. The minimum absolute atomic E-state index is 0.0967. The van der Waals surface area contributed by atoms with Crippen LogP contribution < -0.4 is 10.6 Å². The van der Waals surface area contributed by atoms with Crippen LogP contribution in [0.2, 0.25) is 0 Å². The van der Waals surface area contributed by atoms with Gasteiger partial charge in [-0.15, -0.1) is 0 Å². The van der Waals surface area contributed by atoms with Gasteiger partial charge in [0.1, 0.15) is 0 Å². The lowest BCUT2D eigenvalue weighted by atomic mass is 9.96. The molecule has 1 fully saturated rings. The highest BCUT2D eigenvalue weighted by atomic mass is 16.2. The Balaban J connectivity index is 2.44. The number of carbonyl (C=O) groups is 1. The van der Waals surface area contributed by atoms with Crippen LogP contribution in [0.15, 0.2) is 24.3 Å². The first-order valence-corrected chi connectivity index (χ1v) is 5.58. The maximum Gasteiger partial charge on any atom is 0.229 e. The first-order chi connectivity index (χ1) is 7.43. The molecule has 86 valence electrons. The standard InChI is InChI=1S/C13H18N2O/c1-9-5-4-6-10(7-9)15-12(16)8-11(14)13(15,2)3/h4-7,11H,8,14H2,1-3H3. The number of aryl methyl sites for hydroxylation is 1. The van der Waals surface area contributed by atoms with Crippen LogP contribution in [-0.2, 0) is 4.79 Å². The topological polar surface area (TPSA) is 46.3 Å². The van der Waals surface area contributed by atoms with Gasteiger partial charge in [0, 0.05) is 18.2 Å². The number of carbonyl (C=O) groups excluding carboxylic acids is 1. The highest BCUT2D eigenvalue weighted by molar-refractivity contribution is 5.98. The number of hydrogen-bond acceptors (Lipinski definition) is 2. The van der Waals surface area contributed by atoms with Crippen molar-refractivity contribution in [2.75, 3.05) is 4.90 Å². The van der Waals surface area contributed by atoms with Crippen molar-refractivity contribution in [1.29, 1.82) is 0 Å². The second-order valence-electron chi connectivity index (χ2n) is 5.03. The summed E-state index contributed by atoms with van der Waals surface area (Å²) in [5.74, 6) is 0.114. The van der Waals surface area contributed by atoms with Crippen LogP contribution in [-0.4, -0.2) is 17.5 Å². The van der Waals surface area contributed by atoms with E-state index in [4.69, 9.17) is 5.73 Å². The molecular formula is C13H18N2O. The van der Waals surface area contributed by atoms with E-state index in [-0.39, 0.29) is 17.5 Å². The molecule has 3 heteroatoms. The molecule has 1 aliphatic heterocycles. The molecule has 1 saturated heterocycles. The Kier molecular flexibility index (Phi) is 2.50. The molecule has 2 rings (SSSR count). The van der Waals surface area contributed by atoms with Crippen LogP contribution in [0.25, 0.3) is 0 Å². The number of benzene rings is 1. The summed E-state index contributed by atoms with van der Waals surface area (Å²) < 4.78 is 0. The molecule has 0 radical (unpaired) electrons. The quantitative estimate of drug-likeness (QED) is 0.781. The molecule has 0 aromatic heterocycles. The number of hydrogen-bond donors (Lipinski definition) is 1. The molecule has 1 aromatic rings. The van der Waals surface area contributed by atoms with Gasteiger partial charge in [0.2, 0.25) is 5.91 Å². The van der Waals surface area contributed by atoms with Crippen LogP contribution in [0.4, 0.5) is 5.69 Å². The van der Waals surface area contributed by atoms with Crippen LogP contribution in [0.3, 0.4) is 0 Å². The van der Waals surface area contributed by atoms with Crippen molar-refractivity contribution in [1.82, 2.24) is 0 Å². The zero-order valence-corrected chi connectivity index (χ0v) is 10.0. The predicted octanol–water partition coefficient (Wildman–Crippen LogP) is 1.84. The molecule has 16 heavy (non-hydrogen) atoms. The van der Waals surface area contributed by atoms with Crippen molar-refractivity contribution in [3.05, 3.63) is 29.8 Å². The molecule has 0 aliphatic carbocycles. The molecule has 1 atom stereocenters. The minimum Gasteiger partial charge on any atom is -0.325 e. The van der Waals surface area contributed by atoms with Gasteiger partial charge in [-0.1, -0.05) is 12.1 Å². The Bertz CT molecular complexity index is 426. The Hall–Kier alpha value is -1.35. The first kappa shape index (κ1) is 11.1. The third-order valence-corrected chi connectivity index (χ3v) is 3.39. The summed E-state index contributed by atoms with van der Waals surface area (Å²) >= 11 is 0. The average Bonchev–Trinajstić information content (AvgIpc) is 2.36. The fourth-order valence-electron chi connectivity index (χ4n) is 2.26. The van der Waals surface area contributed by atoms with Gasteiger partial charge >= 0.3 is 0 Å². The van der Waals surface area contributed by atoms with E-state index >= 15 is 0 Å². The van der Waals surface area contributed by atoms with E-state index in [0.29, 0.717) is 6.42 Å². The Morgan fingerprint density at radius 2 is 2.12 bits per heavy atom. The number of nitrogens with two attached hydrogens (primary N) is 1. The third-order valence-electron chi connectivity index (χ3n) is 3.39. The van der Waals surface area contributed by atoms with Crippen molar-refractivity contribution in [2.24, 2.45) is 5.73 Å². The van der Waals surface area contributed by atoms with Gasteiger partial charge in [0.05, 0.1) is 5.54 Å². The normalized spacial score (nSPS) is 23.9. The maximum atomic E-state index is 12.0. The average molecular weight is 218 g/mol. The van der Waals surface area contributed by atoms with Crippen molar-refractivity contribution in [3.63, 3.8) is 0 Å². The van der Waals surface area contributed by atoms with E-state index in [1.807, 2.05) is 49.9 Å². The van der Waals surface area contributed by atoms with Crippen molar-refractivity contribution in [3.8, 4) is 0 Å². The summed E-state index contributed by atoms with van der Waals surface area (Å²) in [7, 11) is 0. The van der Waals surface area contributed by atoms with E-state index < -0.39 is 0 Å². The third kappa shape index (κ3) is 1.61. The lowest BCUT2D eigenvalue weighted by molar-refractivity contribution is -0.117. The Morgan fingerprint density at radius 3 is 2.62 bits per heavy atom. The van der Waals surface area contributed by atoms with Gasteiger partial charge in [0.25, 0.3) is 0 Å². The van der Waals surface area contributed by atoms with Gasteiger partial charge < -0.3 is 10.6 Å². The number of rotatable bonds is 1. The van der Waals surface area contributed by atoms with Gasteiger partial charge in [-0.25, -0.2) is 0 Å². The van der Waals surface area contributed by atoms with Crippen LogP contribution in [0.1, 0.15) is 25.8 Å². The van der Waals surface area contributed by atoms with Crippen LogP contribution in [0.5, 0.6) is 0 Å². The van der Waals surface area contributed by atoms with Crippen LogP contribution >= 0.6 is 0 Å². The number of amides is 1. The van der Waals surface area contributed by atoms with Gasteiger partial charge in [-0.3, -0.25) is 4.79 Å². The maximum absolute atomic E-state index is 12.0. The van der Waals surface area contributed by atoms with E-state index in [9.17, 15) is 4.79 Å². The molecule has 1 amide bonds. The number of nitrogens with zero attached hydrogens (tertiary/aromatic N) is 1. The van der Waals surface area contributed by atoms with E-state index in [2.05, 4.69) is 0 Å². The fourth-order valence-corrected chi connectivity index (χ4v) is 2.26. The molecule has 1 aromatic carbocycles. The van der Waals surface area contributed by atoms with Gasteiger partial charge in [0.15, 0.2) is 0 Å². The molecule has 1 unspecified atom stereocenters. The molecular weight excluding hydrogens is 200 g/mol. The highest BCUT2D eigenvalue weighted by Crippen LogP contribution is 2.34. The minimum atomic E-state index is -0.301. The smallest absolute Gasteiger partial charge is 0.229 e. The lowest BCUT2D eigenvalue weighted by Gasteiger charge is -2.34. The Morgan fingerprint density at radius 1 is 1.44 bits per heavy atom. The summed E-state index contributed by atoms with van der Waals surface area (Å²) in [6.45, 7) is 6.06. The molecule has 2 N–H and O–H groups in total. The van der Waals surface area contributed by atoms with Gasteiger partial charge in [-0.2, -0.15) is 0 Å². The van der Waals surface area contributed by atoms with Crippen molar-refractivity contribution >= 4 is 11.6 Å². The van der Waals surface area contributed by atoms with E-state index in [0.717, 1.165) is 11.3 Å². The molecule has 1 aliphatic rings. The van der Waals surface area contributed by atoms with Gasteiger partial charge in [-0.05, 0) is 38.5 Å². The summed E-state index contributed by atoms with van der Waals surface area (Å²) in [5, 5.41) is 0. The molecule has 3 nitrogen and oxygen atoms in total. The van der Waals surface area contributed by atoms with Crippen molar-refractivity contribution in [2.45, 2.75) is 38.8 Å². The SMILES string of the molecule is Cc1cccc(N2C(=O)CC(N)C2(C)C)c1. The Labute approximate surface area is 96.2 Å². The molecule has 0 bridgehead atoms. The summed E-state index contributed by atoms with van der Waals surface area (Å²) in [4.78, 5) is 13.8. The molecule has 0 saturated carbocycles. The first-order valence-electron chi connectivity index (χ1n) is 5.58. The van der Waals surface area contributed by atoms with Crippen LogP contribution in [0, 0.1) is 6.92 Å². The lowest BCUT2D eigenvalue weighted by Crippen LogP contribution is -2.49. The predicted molar refractivity (Wildman–Crippen MR) is 65.3 cm³/mol. The van der Waals surface area contributed by atoms with E-state index in [1.165, 1.54) is 0 Å². The highest BCUT2D eigenvalue weighted by Gasteiger charge is 2.44. The fraction of sp³-hybridized carbons (Fsp3) is 0.462. The summed E-state index contributed by atoms with van der Waals surface area (Å²) in [6.07, 6.45) is 0.431. The van der Waals surface area contributed by atoms with E-state index in [1.54, 1.807) is 0 Å². The number of anilines is 1. The molecule has 1 heterocycles.